The van der Waals surface area contributed by atoms with E-state index in [1.165, 1.54) is 0 Å². The van der Waals surface area contributed by atoms with Gasteiger partial charge in [0.2, 0.25) is 0 Å². The van der Waals surface area contributed by atoms with Crippen molar-refractivity contribution in [3.8, 4) is 11.1 Å². The predicted molar refractivity (Wildman–Crippen MR) is 107 cm³/mol. The van der Waals surface area contributed by atoms with E-state index < -0.39 is 18.1 Å². The normalized spacial score (nSPS) is 24.5. The lowest BCUT2D eigenvalue weighted by molar-refractivity contribution is -0.141. The van der Waals surface area contributed by atoms with Crippen LogP contribution in [0.3, 0.4) is 0 Å². The van der Waals surface area contributed by atoms with Crippen LogP contribution in [0.25, 0.3) is 11.1 Å². The average molecular weight is 430 g/mol. The van der Waals surface area contributed by atoms with Crippen LogP contribution in [0.4, 0.5) is 19.0 Å². The molecule has 31 heavy (non-hydrogen) atoms. The molecule has 1 saturated heterocycles. The number of halogens is 3. The second-order valence-corrected chi connectivity index (χ2v) is 8.08. The molecule has 0 amide bonds. The van der Waals surface area contributed by atoms with Gasteiger partial charge in [-0.15, -0.1) is 0 Å². The van der Waals surface area contributed by atoms with E-state index in [9.17, 15) is 18.3 Å². The Kier molecular flexibility index (Phi) is 4.94. The summed E-state index contributed by atoms with van der Waals surface area (Å²) in [7, 11) is 0. The molecule has 2 aromatic heterocycles. The Morgan fingerprint density at radius 2 is 1.90 bits per heavy atom. The van der Waals surface area contributed by atoms with Crippen LogP contribution in [0.15, 0.2) is 59.5 Å². The molecule has 2 bridgehead atoms. The van der Waals surface area contributed by atoms with Crippen molar-refractivity contribution in [3.63, 3.8) is 0 Å². The number of benzene rings is 1. The summed E-state index contributed by atoms with van der Waals surface area (Å²) >= 11 is 0. The van der Waals surface area contributed by atoms with Crippen LogP contribution in [-0.2, 0) is 6.18 Å². The summed E-state index contributed by atoms with van der Waals surface area (Å²) < 4.78 is 43.8. The van der Waals surface area contributed by atoms with Gasteiger partial charge in [0.15, 0.2) is 17.7 Å². The Bertz CT molecular complexity index is 1040. The monoisotopic (exact) mass is 430 g/mol. The minimum Gasteiger partial charge on any atom is -0.464 e. The van der Waals surface area contributed by atoms with Crippen LogP contribution in [-0.4, -0.2) is 38.6 Å². The lowest BCUT2D eigenvalue weighted by Gasteiger charge is -2.36. The number of piperidine rings is 1. The predicted octanol–water partition coefficient (Wildman–Crippen LogP) is 4.32. The fourth-order valence-electron chi connectivity index (χ4n) is 4.77. The summed E-state index contributed by atoms with van der Waals surface area (Å²) in [4.78, 5) is 9.33. The molecule has 162 valence electrons. The molecule has 2 fully saturated rings. The standard InChI is InChI=1S/C22H21F3N4O2/c23-22(24,25)18-10-27-19(11-26-18)28-16-8-13-9-17(16)29(12-13)21(30)20-15(6-7-31-20)14-4-2-1-3-5-14/h1-7,10-11,13,16-17,21,30H,8-9,12H2,(H,27,28). The molecule has 2 aliphatic rings. The van der Waals surface area contributed by atoms with Gasteiger partial charge in [0, 0.05) is 24.2 Å². The zero-order valence-electron chi connectivity index (χ0n) is 16.5. The molecule has 9 heteroatoms. The molecule has 2 N–H and O–H groups in total. The third-order valence-electron chi connectivity index (χ3n) is 6.13. The number of fused-ring (bicyclic) bond motifs is 2. The fourth-order valence-corrected chi connectivity index (χ4v) is 4.77. The van der Waals surface area contributed by atoms with Crippen molar-refractivity contribution < 1.29 is 22.7 Å². The maximum absolute atomic E-state index is 12.7. The average Bonchev–Trinajstić information content (AvgIpc) is 3.49. The van der Waals surface area contributed by atoms with Crippen molar-refractivity contribution in [3.05, 3.63) is 66.5 Å². The van der Waals surface area contributed by atoms with Crippen molar-refractivity contribution in [2.45, 2.75) is 37.3 Å². The Morgan fingerprint density at radius 1 is 1.10 bits per heavy atom. The largest absolute Gasteiger partial charge is 0.464 e. The number of anilines is 1. The van der Waals surface area contributed by atoms with Gasteiger partial charge in [-0.1, -0.05) is 30.3 Å². The molecule has 1 saturated carbocycles. The first kappa shape index (κ1) is 20.0. The molecule has 1 aromatic carbocycles. The van der Waals surface area contributed by atoms with Crippen LogP contribution >= 0.6 is 0 Å². The fraction of sp³-hybridized carbons (Fsp3) is 0.364. The quantitative estimate of drug-likeness (QED) is 0.628. The number of likely N-dealkylation sites (tertiary alicyclic amines) is 1. The van der Waals surface area contributed by atoms with Gasteiger partial charge in [-0.05, 0) is 30.4 Å². The highest BCUT2D eigenvalue weighted by Gasteiger charge is 2.48. The van der Waals surface area contributed by atoms with Crippen molar-refractivity contribution in [1.82, 2.24) is 14.9 Å². The van der Waals surface area contributed by atoms with E-state index in [4.69, 9.17) is 4.42 Å². The van der Waals surface area contributed by atoms with Crippen LogP contribution in [0.2, 0.25) is 0 Å². The SMILES string of the molecule is OC(c1occc1-c1ccccc1)N1CC2CC(Nc3cnc(C(F)(F)F)cn3)C1C2. The topological polar surface area (TPSA) is 74.4 Å². The van der Waals surface area contributed by atoms with Gasteiger partial charge in [-0.25, -0.2) is 9.97 Å². The molecular formula is C22H21F3N4O2. The van der Waals surface area contributed by atoms with Crippen LogP contribution in [0.1, 0.15) is 30.5 Å². The first-order chi connectivity index (χ1) is 14.9. The molecule has 4 atom stereocenters. The summed E-state index contributed by atoms with van der Waals surface area (Å²) in [6.45, 7) is 0.734. The first-order valence-electron chi connectivity index (χ1n) is 10.1. The molecule has 3 aromatic rings. The highest BCUT2D eigenvalue weighted by molar-refractivity contribution is 5.65. The number of aromatic nitrogens is 2. The zero-order valence-corrected chi connectivity index (χ0v) is 16.5. The second-order valence-electron chi connectivity index (χ2n) is 8.08. The van der Waals surface area contributed by atoms with E-state index in [0.717, 1.165) is 42.9 Å². The zero-order chi connectivity index (χ0) is 21.6. The van der Waals surface area contributed by atoms with E-state index >= 15 is 0 Å². The van der Waals surface area contributed by atoms with Gasteiger partial charge >= 0.3 is 6.18 Å². The number of nitrogens with zero attached hydrogens (tertiary/aromatic N) is 3. The maximum Gasteiger partial charge on any atom is 0.434 e. The smallest absolute Gasteiger partial charge is 0.434 e. The van der Waals surface area contributed by atoms with E-state index in [2.05, 4.69) is 15.3 Å². The summed E-state index contributed by atoms with van der Waals surface area (Å²) in [6, 6.07) is 11.5. The second kappa shape index (κ2) is 7.65. The number of rotatable bonds is 5. The minimum absolute atomic E-state index is 0.0119. The lowest BCUT2D eigenvalue weighted by atomic mass is 10.0. The Morgan fingerprint density at radius 3 is 2.58 bits per heavy atom. The molecule has 1 aliphatic carbocycles. The van der Waals surface area contributed by atoms with Gasteiger partial charge in [-0.3, -0.25) is 4.90 Å². The maximum atomic E-state index is 12.7. The van der Waals surface area contributed by atoms with Gasteiger partial charge < -0.3 is 14.8 Å². The molecular weight excluding hydrogens is 409 g/mol. The number of furan rings is 1. The molecule has 0 radical (unpaired) electrons. The van der Waals surface area contributed by atoms with Gasteiger partial charge in [-0.2, -0.15) is 13.2 Å². The first-order valence-corrected chi connectivity index (χ1v) is 10.1. The number of hydrogen-bond donors (Lipinski definition) is 2. The molecule has 6 nitrogen and oxygen atoms in total. The third kappa shape index (κ3) is 3.79. The number of alkyl halides is 3. The summed E-state index contributed by atoms with van der Waals surface area (Å²) in [5, 5.41) is 14.3. The highest BCUT2D eigenvalue weighted by atomic mass is 19.4. The number of aliphatic hydroxyl groups is 1. The minimum atomic E-state index is -4.52. The molecule has 0 spiro atoms. The van der Waals surface area contributed by atoms with Crippen molar-refractivity contribution in [2.75, 3.05) is 11.9 Å². The Hall–Kier alpha value is -2.91. The molecule has 4 unspecified atom stereocenters. The molecule has 5 rings (SSSR count). The van der Waals surface area contributed by atoms with E-state index in [0.29, 0.717) is 17.5 Å². The van der Waals surface area contributed by atoms with E-state index in [1.54, 1.807) is 6.26 Å². The molecule has 1 aliphatic heterocycles. The third-order valence-corrected chi connectivity index (χ3v) is 6.13. The molecule has 3 heterocycles. The van der Waals surface area contributed by atoms with Crippen LogP contribution in [0, 0.1) is 5.92 Å². The van der Waals surface area contributed by atoms with Gasteiger partial charge in [0.25, 0.3) is 0 Å². The Balaban J connectivity index is 1.32. The van der Waals surface area contributed by atoms with Gasteiger partial charge in [0.05, 0.1) is 18.7 Å². The van der Waals surface area contributed by atoms with Crippen molar-refractivity contribution >= 4 is 5.82 Å². The van der Waals surface area contributed by atoms with Crippen molar-refractivity contribution in [2.24, 2.45) is 5.92 Å². The van der Waals surface area contributed by atoms with Crippen LogP contribution < -0.4 is 5.32 Å². The summed E-state index contributed by atoms with van der Waals surface area (Å²) in [5.41, 5.74) is 0.785. The van der Waals surface area contributed by atoms with E-state index in [1.807, 2.05) is 41.3 Å². The number of aliphatic hydroxyl groups excluding tert-OH is 1. The Labute approximate surface area is 176 Å². The number of nitrogens with one attached hydrogen (secondary N) is 1. The van der Waals surface area contributed by atoms with Gasteiger partial charge in [0.1, 0.15) is 5.82 Å². The summed E-state index contributed by atoms with van der Waals surface area (Å²) in [5.74, 6) is 1.17. The number of hydrogen-bond acceptors (Lipinski definition) is 6. The van der Waals surface area contributed by atoms with Crippen LogP contribution in [0.5, 0.6) is 0 Å². The van der Waals surface area contributed by atoms with E-state index in [-0.39, 0.29) is 12.1 Å². The summed E-state index contributed by atoms with van der Waals surface area (Å²) in [6.07, 6.45) is -0.262. The highest BCUT2D eigenvalue weighted by Crippen LogP contribution is 2.44. The lowest BCUT2D eigenvalue weighted by Crippen LogP contribution is -2.46. The van der Waals surface area contributed by atoms with Crippen molar-refractivity contribution in [1.29, 1.82) is 0 Å².